The average molecular weight is 524 g/mol. The van der Waals surface area contributed by atoms with Gasteiger partial charge in [0.2, 0.25) is 11.8 Å². The SMILES string of the molecule is Cl.NCCOCCOCC(=O)N1CC[C@@H](C(=O)Nc2csc(-c3ccc(Cl)c(Cl)c3)n2)C1. The second-order valence-corrected chi connectivity index (χ2v) is 8.61. The number of ether oxygens (including phenoxy) is 2. The van der Waals surface area contributed by atoms with Crippen LogP contribution in [0.4, 0.5) is 5.82 Å². The number of halogens is 3. The molecular formula is C20H25Cl3N4O4S. The van der Waals surface area contributed by atoms with Crippen molar-refractivity contribution >= 4 is 64.6 Å². The van der Waals surface area contributed by atoms with Crippen molar-refractivity contribution < 1.29 is 19.1 Å². The normalized spacial score (nSPS) is 15.5. The third-order valence-electron chi connectivity index (χ3n) is 4.69. The van der Waals surface area contributed by atoms with E-state index in [1.165, 1.54) is 11.3 Å². The van der Waals surface area contributed by atoms with Crippen molar-refractivity contribution in [3.8, 4) is 10.6 Å². The Morgan fingerprint density at radius 1 is 1.22 bits per heavy atom. The molecule has 1 fully saturated rings. The maximum absolute atomic E-state index is 12.6. The summed E-state index contributed by atoms with van der Waals surface area (Å²) < 4.78 is 10.5. The van der Waals surface area contributed by atoms with Crippen LogP contribution < -0.4 is 11.1 Å². The molecule has 12 heteroatoms. The second-order valence-electron chi connectivity index (χ2n) is 6.94. The summed E-state index contributed by atoms with van der Waals surface area (Å²) in [6.07, 6.45) is 0.598. The molecule has 1 aliphatic rings. The zero-order valence-corrected chi connectivity index (χ0v) is 20.4. The molecule has 0 saturated carbocycles. The smallest absolute Gasteiger partial charge is 0.248 e. The summed E-state index contributed by atoms with van der Waals surface area (Å²) in [4.78, 5) is 31.0. The highest BCUT2D eigenvalue weighted by Gasteiger charge is 2.31. The van der Waals surface area contributed by atoms with Crippen LogP contribution in [0, 0.1) is 5.92 Å². The Kier molecular flexibility index (Phi) is 11.1. The lowest BCUT2D eigenvalue weighted by Gasteiger charge is -2.16. The van der Waals surface area contributed by atoms with E-state index in [4.69, 9.17) is 38.4 Å². The Labute approximate surface area is 206 Å². The number of nitrogens with zero attached hydrogens (tertiary/aromatic N) is 2. The lowest BCUT2D eigenvalue weighted by molar-refractivity contribution is -0.135. The van der Waals surface area contributed by atoms with Crippen LogP contribution >= 0.6 is 46.9 Å². The topological polar surface area (TPSA) is 107 Å². The molecule has 1 atom stereocenters. The molecule has 32 heavy (non-hydrogen) atoms. The summed E-state index contributed by atoms with van der Waals surface area (Å²) in [5.74, 6) is -0.101. The van der Waals surface area contributed by atoms with Gasteiger partial charge < -0.3 is 25.4 Å². The minimum absolute atomic E-state index is 0. The summed E-state index contributed by atoms with van der Waals surface area (Å²) in [5.41, 5.74) is 6.15. The zero-order chi connectivity index (χ0) is 22.2. The molecule has 2 heterocycles. The third-order valence-corrected chi connectivity index (χ3v) is 6.32. The molecule has 0 spiro atoms. The highest BCUT2D eigenvalue weighted by atomic mass is 35.5. The fourth-order valence-corrected chi connectivity index (χ4v) is 4.12. The molecule has 176 valence electrons. The Morgan fingerprint density at radius 2 is 2.00 bits per heavy atom. The van der Waals surface area contributed by atoms with Crippen LogP contribution in [0.15, 0.2) is 23.6 Å². The fraction of sp³-hybridized carbons (Fsp3) is 0.450. The number of nitrogens with one attached hydrogen (secondary N) is 1. The summed E-state index contributed by atoms with van der Waals surface area (Å²) in [6.45, 7) is 2.50. The fourth-order valence-electron chi connectivity index (χ4n) is 3.08. The summed E-state index contributed by atoms with van der Waals surface area (Å²) in [7, 11) is 0. The van der Waals surface area contributed by atoms with E-state index in [0.29, 0.717) is 61.7 Å². The minimum atomic E-state index is -0.285. The van der Waals surface area contributed by atoms with Crippen LogP contribution in [0.25, 0.3) is 10.6 Å². The number of anilines is 1. The number of amides is 2. The van der Waals surface area contributed by atoms with E-state index in [-0.39, 0.29) is 36.7 Å². The van der Waals surface area contributed by atoms with Crippen LogP contribution in [0.1, 0.15) is 6.42 Å². The van der Waals surface area contributed by atoms with E-state index in [9.17, 15) is 9.59 Å². The second kappa shape index (κ2) is 13.3. The van der Waals surface area contributed by atoms with E-state index in [1.807, 2.05) is 6.07 Å². The lowest BCUT2D eigenvalue weighted by atomic mass is 10.1. The van der Waals surface area contributed by atoms with E-state index < -0.39 is 0 Å². The van der Waals surface area contributed by atoms with Gasteiger partial charge in [-0.1, -0.05) is 29.3 Å². The molecule has 0 aliphatic carbocycles. The third kappa shape index (κ3) is 7.55. The number of aromatic nitrogens is 1. The number of rotatable bonds is 10. The quantitative estimate of drug-likeness (QED) is 0.463. The number of benzene rings is 1. The van der Waals surface area contributed by atoms with E-state index >= 15 is 0 Å². The van der Waals surface area contributed by atoms with Crippen molar-refractivity contribution in [1.82, 2.24) is 9.88 Å². The molecule has 0 radical (unpaired) electrons. The average Bonchev–Trinajstić information content (AvgIpc) is 3.42. The summed E-state index contributed by atoms with van der Waals surface area (Å²) in [6, 6.07) is 5.27. The van der Waals surface area contributed by atoms with Crippen LogP contribution in [0.3, 0.4) is 0 Å². The molecule has 1 aromatic carbocycles. The van der Waals surface area contributed by atoms with Gasteiger partial charge >= 0.3 is 0 Å². The molecular weight excluding hydrogens is 499 g/mol. The van der Waals surface area contributed by atoms with Gasteiger partial charge in [0.05, 0.1) is 35.8 Å². The van der Waals surface area contributed by atoms with Gasteiger partial charge in [0.1, 0.15) is 17.4 Å². The number of carbonyl (C=O) groups excluding carboxylic acids is 2. The maximum Gasteiger partial charge on any atom is 0.248 e. The van der Waals surface area contributed by atoms with E-state index in [1.54, 1.807) is 22.4 Å². The van der Waals surface area contributed by atoms with Gasteiger partial charge in [-0.3, -0.25) is 9.59 Å². The Hall–Kier alpha value is -1.46. The molecule has 1 aromatic heterocycles. The Morgan fingerprint density at radius 3 is 2.75 bits per heavy atom. The molecule has 2 aromatic rings. The predicted octanol–water partition coefficient (Wildman–Crippen LogP) is 3.32. The van der Waals surface area contributed by atoms with E-state index in [0.717, 1.165) is 10.6 Å². The number of carbonyl (C=O) groups is 2. The van der Waals surface area contributed by atoms with Gasteiger partial charge in [0.15, 0.2) is 0 Å². The molecule has 0 bridgehead atoms. The first-order chi connectivity index (χ1) is 15.0. The van der Waals surface area contributed by atoms with Crippen LogP contribution in [-0.2, 0) is 19.1 Å². The monoisotopic (exact) mass is 522 g/mol. The van der Waals surface area contributed by atoms with Gasteiger partial charge in [0, 0.05) is 30.6 Å². The largest absolute Gasteiger partial charge is 0.378 e. The van der Waals surface area contributed by atoms with Crippen LogP contribution in [-0.4, -0.2) is 67.8 Å². The first kappa shape index (κ1) is 26.8. The molecule has 3 rings (SSSR count). The van der Waals surface area contributed by atoms with Gasteiger partial charge in [-0.25, -0.2) is 4.98 Å². The first-order valence-electron chi connectivity index (χ1n) is 9.83. The van der Waals surface area contributed by atoms with Gasteiger partial charge in [-0.2, -0.15) is 0 Å². The highest BCUT2D eigenvalue weighted by molar-refractivity contribution is 7.13. The van der Waals surface area contributed by atoms with Gasteiger partial charge in [-0.15, -0.1) is 23.7 Å². The molecule has 1 saturated heterocycles. The van der Waals surface area contributed by atoms with Crippen molar-refractivity contribution in [2.24, 2.45) is 11.7 Å². The van der Waals surface area contributed by atoms with Crippen molar-refractivity contribution in [3.05, 3.63) is 33.6 Å². The van der Waals surface area contributed by atoms with Crippen LogP contribution in [0.5, 0.6) is 0 Å². The van der Waals surface area contributed by atoms with Crippen molar-refractivity contribution in [1.29, 1.82) is 0 Å². The van der Waals surface area contributed by atoms with Crippen LogP contribution in [0.2, 0.25) is 10.0 Å². The van der Waals surface area contributed by atoms with Gasteiger partial charge in [0.25, 0.3) is 0 Å². The standard InChI is InChI=1S/C20H24Cl2N4O4S.ClH/c21-15-2-1-13(9-16(15)22)20-25-17(12-31-20)24-19(28)14-3-5-26(10-14)18(27)11-30-8-7-29-6-4-23;/h1-2,9,12,14H,3-8,10-11,23H2,(H,24,28);1H/t14-;/m1./s1. The molecule has 8 nitrogen and oxygen atoms in total. The highest BCUT2D eigenvalue weighted by Crippen LogP contribution is 2.31. The maximum atomic E-state index is 12.6. The Balaban J connectivity index is 0.00000363. The lowest BCUT2D eigenvalue weighted by Crippen LogP contribution is -2.34. The number of hydrogen-bond donors (Lipinski definition) is 2. The molecule has 3 N–H and O–H groups in total. The molecule has 0 unspecified atom stereocenters. The molecule has 1 aliphatic heterocycles. The summed E-state index contributed by atoms with van der Waals surface area (Å²) in [5, 5.41) is 6.26. The Bertz CT molecular complexity index is 915. The van der Waals surface area contributed by atoms with E-state index in [2.05, 4.69) is 10.3 Å². The number of likely N-dealkylation sites (tertiary alicyclic amines) is 1. The van der Waals surface area contributed by atoms with Gasteiger partial charge in [-0.05, 0) is 18.6 Å². The number of hydrogen-bond acceptors (Lipinski definition) is 7. The van der Waals surface area contributed by atoms with Crippen molar-refractivity contribution in [2.75, 3.05) is 51.4 Å². The molecule has 2 amide bonds. The summed E-state index contributed by atoms with van der Waals surface area (Å²) >= 11 is 13.4. The zero-order valence-electron chi connectivity index (χ0n) is 17.2. The predicted molar refractivity (Wildman–Crippen MR) is 129 cm³/mol. The van der Waals surface area contributed by atoms with Crippen molar-refractivity contribution in [3.63, 3.8) is 0 Å². The minimum Gasteiger partial charge on any atom is -0.378 e. The number of thiazole rings is 1. The first-order valence-corrected chi connectivity index (χ1v) is 11.5. The number of nitrogens with two attached hydrogens (primary N) is 1. The van der Waals surface area contributed by atoms with Crippen molar-refractivity contribution in [2.45, 2.75) is 6.42 Å².